The molecule has 0 unspecified atom stereocenters. The molecule has 1 heterocycles. The van der Waals surface area contributed by atoms with Crippen molar-refractivity contribution in [2.75, 3.05) is 16.6 Å². The summed E-state index contributed by atoms with van der Waals surface area (Å²) in [7, 11) is -4.21. The third-order valence-electron chi connectivity index (χ3n) is 4.20. The van der Waals surface area contributed by atoms with Gasteiger partial charge in [-0.15, -0.1) is 11.3 Å². The lowest BCUT2D eigenvalue weighted by Crippen LogP contribution is -2.17. The number of sulfonamides is 1. The fourth-order valence-electron chi connectivity index (χ4n) is 2.57. The second kappa shape index (κ2) is 9.88. The van der Waals surface area contributed by atoms with Gasteiger partial charge in [0.05, 0.1) is 17.2 Å². The largest absolute Gasteiger partial charge is 0.494 e. The molecule has 0 aliphatic carbocycles. The summed E-state index contributed by atoms with van der Waals surface area (Å²) in [6, 6.07) is 10.5. The SMILES string of the molecule is CCCCOc1ccc(NC(=O)c2sccc2NS(=O)(=O)c2ccc(F)c(F)c2)cc1. The first-order valence-electron chi connectivity index (χ1n) is 9.39. The molecule has 3 aromatic rings. The molecule has 0 radical (unpaired) electrons. The van der Waals surface area contributed by atoms with Gasteiger partial charge in [0.2, 0.25) is 0 Å². The maximum atomic E-state index is 13.4. The number of hydrogen-bond donors (Lipinski definition) is 2. The Balaban J connectivity index is 1.70. The molecule has 31 heavy (non-hydrogen) atoms. The molecule has 2 N–H and O–H groups in total. The third-order valence-corrected chi connectivity index (χ3v) is 6.47. The van der Waals surface area contributed by atoms with Crippen LogP contribution in [-0.4, -0.2) is 20.9 Å². The summed E-state index contributed by atoms with van der Waals surface area (Å²) in [6.07, 6.45) is 1.97. The smallest absolute Gasteiger partial charge is 0.267 e. The zero-order valence-electron chi connectivity index (χ0n) is 16.5. The summed E-state index contributed by atoms with van der Waals surface area (Å²) < 4.78 is 59.3. The van der Waals surface area contributed by atoms with Gasteiger partial charge in [-0.1, -0.05) is 13.3 Å². The number of anilines is 2. The molecule has 0 bridgehead atoms. The van der Waals surface area contributed by atoms with Crippen LogP contribution in [0, 0.1) is 11.6 Å². The van der Waals surface area contributed by atoms with E-state index in [4.69, 9.17) is 4.74 Å². The van der Waals surface area contributed by atoms with E-state index in [0.29, 0.717) is 24.1 Å². The minimum absolute atomic E-state index is 0.0340. The van der Waals surface area contributed by atoms with E-state index in [1.54, 1.807) is 29.6 Å². The Morgan fingerprint density at radius 3 is 2.48 bits per heavy atom. The highest BCUT2D eigenvalue weighted by Crippen LogP contribution is 2.27. The molecule has 0 aliphatic heterocycles. The molecule has 0 atom stereocenters. The van der Waals surface area contributed by atoms with Gasteiger partial charge in [-0.05, 0) is 60.3 Å². The van der Waals surface area contributed by atoms with Crippen LogP contribution in [0.1, 0.15) is 29.4 Å². The Morgan fingerprint density at radius 2 is 1.81 bits per heavy atom. The average Bonchev–Trinajstić information content (AvgIpc) is 3.19. The van der Waals surface area contributed by atoms with Gasteiger partial charge in [-0.2, -0.15) is 0 Å². The molecule has 0 spiro atoms. The number of carbonyl (C=O) groups is 1. The van der Waals surface area contributed by atoms with Gasteiger partial charge in [-0.3, -0.25) is 9.52 Å². The lowest BCUT2D eigenvalue weighted by atomic mass is 10.3. The lowest BCUT2D eigenvalue weighted by Gasteiger charge is -2.10. The second-order valence-electron chi connectivity index (χ2n) is 6.53. The van der Waals surface area contributed by atoms with Crippen LogP contribution in [0.25, 0.3) is 0 Å². The Labute approximate surface area is 182 Å². The molecule has 10 heteroatoms. The summed E-state index contributed by atoms with van der Waals surface area (Å²) >= 11 is 1.04. The minimum atomic E-state index is -4.21. The highest BCUT2D eigenvalue weighted by atomic mass is 32.2. The highest BCUT2D eigenvalue weighted by molar-refractivity contribution is 7.92. The quantitative estimate of drug-likeness (QED) is 0.422. The number of hydrogen-bond acceptors (Lipinski definition) is 5. The van der Waals surface area contributed by atoms with Crippen LogP contribution in [-0.2, 0) is 10.0 Å². The molecule has 0 aliphatic rings. The Hall–Kier alpha value is -2.98. The Kier molecular flexibility index (Phi) is 7.24. The van der Waals surface area contributed by atoms with Crippen LogP contribution >= 0.6 is 11.3 Å². The zero-order chi connectivity index (χ0) is 22.4. The summed E-state index contributed by atoms with van der Waals surface area (Å²) in [5, 5.41) is 4.24. The summed E-state index contributed by atoms with van der Waals surface area (Å²) in [5.41, 5.74) is 0.544. The van der Waals surface area contributed by atoms with Crippen LogP contribution in [0.4, 0.5) is 20.2 Å². The molecular weight excluding hydrogens is 446 g/mol. The van der Waals surface area contributed by atoms with Crippen molar-refractivity contribution in [2.45, 2.75) is 24.7 Å². The fourth-order valence-corrected chi connectivity index (χ4v) is 4.46. The summed E-state index contributed by atoms with van der Waals surface area (Å²) in [6.45, 7) is 2.68. The third kappa shape index (κ3) is 5.80. The molecule has 3 rings (SSSR count). The maximum absolute atomic E-state index is 13.4. The molecule has 6 nitrogen and oxygen atoms in total. The van der Waals surface area contributed by atoms with Gasteiger partial charge >= 0.3 is 0 Å². The van der Waals surface area contributed by atoms with Crippen LogP contribution in [0.3, 0.4) is 0 Å². The number of carbonyl (C=O) groups excluding carboxylic acids is 1. The van der Waals surface area contributed by atoms with Gasteiger partial charge < -0.3 is 10.1 Å². The maximum Gasteiger partial charge on any atom is 0.267 e. The normalized spacial score (nSPS) is 11.2. The second-order valence-corrected chi connectivity index (χ2v) is 9.12. The van der Waals surface area contributed by atoms with E-state index in [1.807, 2.05) is 0 Å². The number of benzene rings is 2. The van der Waals surface area contributed by atoms with Crippen molar-refractivity contribution in [3.63, 3.8) is 0 Å². The van der Waals surface area contributed by atoms with Gasteiger partial charge in [-0.25, -0.2) is 17.2 Å². The minimum Gasteiger partial charge on any atom is -0.494 e. The van der Waals surface area contributed by atoms with E-state index in [-0.39, 0.29) is 10.6 Å². The Morgan fingerprint density at radius 1 is 1.06 bits per heavy atom. The van der Waals surface area contributed by atoms with E-state index in [0.717, 1.165) is 36.3 Å². The number of rotatable bonds is 9. The predicted octanol–water partition coefficient (Wildman–Crippen LogP) is 5.26. The number of nitrogens with one attached hydrogen (secondary N) is 2. The molecule has 0 fully saturated rings. The lowest BCUT2D eigenvalue weighted by molar-refractivity contribution is 0.103. The van der Waals surface area contributed by atoms with E-state index >= 15 is 0 Å². The standard InChI is InChI=1S/C21H20F2N2O4S2/c1-2-3-11-29-15-6-4-14(5-7-15)24-21(26)20-19(10-12-30-20)25-31(27,28)16-8-9-17(22)18(23)13-16/h4-10,12-13,25H,2-3,11H2,1H3,(H,24,26). The van der Waals surface area contributed by atoms with Gasteiger partial charge in [0, 0.05) is 5.69 Å². The van der Waals surface area contributed by atoms with Gasteiger partial charge in [0.1, 0.15) is 10.6 Å². The van der Waals surface area contributed by atoms with E-state index < -0.39 is 32.5 Å². The van der Waals surface area contributed by atoms with Crippen LogP contribution in [0.15, 0.2) is 58.8 Å². The molecule has 1 aromatic heterocycles. The highest BCUT2D eigenvalue weighted by Gasteiger charge is 2.21. The van der Waals surface area contributed by atoms with E-state index in [1.165, 1.54) is 6.07 Å². The van der Waals surface area contributed by atoms with Crippen molar-refractivity contribution < 1.29 is 26.7 Å². The van der Waals surface area contributed by atoms with Crippen molar-refractivity contribution in [1.82, 2.24) is 0 Å². The van der Waals surface area contributed by atoms with Gasteiger partial charge in [0.25, 0.3) is 15.9 Å². The predicted molar refractivity (Wildman–Crippen MR) is 116 cm³/mol. The Bertz CT molecular complexity index is 1160. The molecule has 2 aromatic carbocycles. The van der Waals surface area contributed by atoms with Crippen molar-refractivity contribution >= 4 is 38.6 Å². The van der Waals surface area contributed by atoms with Crippen molar-refractivity contribution in [3.8, 4) is 5.75 Å². The number of amides is 1. The first-order valence-corrected chi connectivity index (χ1v) is 11.8. The van der Waals surface area contributed by atoms with Crippen LogP contribution < -0.4 is 14.8 Å². The van der Waals surface area contributed by atoms with E-state index in [9.17, 15) is 22.0 Å². The molecule has 0 saturated carbocycles. The first-order chi connectivity index (χ1) is 14.8. The summed E-state index contributed by atoms with van der Waals surface area (Å²) in [5.74, 6) is -2.27. The monoisotopic (exact) mass is 466 g/mol. The summed E-state index contributed by atoms with van der Waals surface area (Å²) in [4.78, 5) is 12.3. The number of halogens is 2. The number of unbranched alkanes of at least 4 members (excludes halogenated alkanes) is 1. The molecule has 0 saturated heterocycles. The number of thiophene rings is 1. The number of ether oxygens (including phenoxy) is 1. The molecule has 164 valence electrons. The van der Waals surface area contributed by atoms with Crippen LogP contribution in [0.2, 0.25) is 0 Å². The van der Waals surface area contributed by atoms with Crippen molar-refractivity contribution in [2.24, 2.45) is 0 Å². The zero-order valence-corrected chi connectivity index (χ0v) is 18.2. The van der Waals surface area contributed by atoms with Crippen LogP contribution in [0.5, 0.6) is 5.75 Å². The molecular formula is C21H20F2N2O4S2. The van der Waals surface area contributed by atoms with Crippen molar-refractivity contribution in [3.05, 3.63) is 70.4 Å². The first kappa shape index (κ1) is 22.7. The average molecular weight is 467 g/mol. The van der Waals surface area contributed by atoms with E-state index in [2.05, 4.69) is 17.0 Å². The topological polar surface area (TPSA) is 84.5 Å². The van der Waals surface area contributed by atoms with Gasteiger partial charge in [0.15, 0.2) is 11.6 Å². The molecule has 1 amide bonds. The fraction of sp³-hybridized carbons (Fsp3) is 0.190. The van der Waals surface area contributed by atoms with Crippen molar-refractivity contribution in [1.29, 1.82) is 0 Å².